The highest BCUT2D eigenvalue weighted by molar-refractivity contribution is 5.93. The summed E-state index contributed by atoms with van der Waals surface area (Å²) in [6.45, 7) is 6.79. The fourth-order valence-electron chi connectivity index (χ4n) is 2.35. The first-order chi connectivity index (χ1) is 13.3. The first-order valence-electron chi connectivity index (χ1n) is 8.35. The summed E-state index contributed by atoms with van der Waals surface area (Å²) in [7, 11) is 0. The minimum Gasteiger partial charge on any atom is -0.382 e. The highest BCUT2D eigenvalue weighted by Gasteiger charge is 2.34. The number of nitrogens with one attached hydrogen (secondary N) is 3. The van der Waals surface area contributed by atoms with Crippen LogP contribution in [0.2, 0.25) is 0 Å². The number of allylic oxidation sites excluding steroid dienone is 1. The number of nitriles is 1. The van der Waals surface area contributed by atoms with E-state index in [9.17, 15) is 13.2 Å². The van der Waals surface area contributed by atoms with Crippen molar-refractivity contribution in [3.8, 4) is 6.07 Å². The second-order valence-electron chi connectivity index (χ2n) is 5.81. The summed E-state index contributed by atoms with van der Waals surface area (Å²) in [6.07, 6.45) is -2.85. The molecular formula is C17H20F3N7O. The van der Waals surface area contributed by atoms with Crippen molar-refractivity contribution in [1.82, 2.24) is 10.3 Å². The Morgan fingerprint density at radius 3 is 2.96 bits per heavy atom. The van der Waals surface area contributed by atoms with Gasteiger partial charge < -0.3 is 20.7 Å². The predicted octanol–water partition coefficient (Wildman–Crippen LogP) is 2.40. The van der Waals surface area contributed by atoms with E-state index in [2.05, 4.69) is 37.6 Å². The summed E-state index contributed by atoms with van der Waals surface area (Å²) >= 11 is 0. The summed E-state index contributed by atoms with van der Waals surface area (Å²) in [6, 6.07) is 3.03. The molecule has 11 heteroatoms. The van der Waals surface area contributed by atoms with E-state index in [1.165, 1.54) is 12.3 Å². The number of amidine groups is 1. The Hall–Kier alpha value is -2.97. The molecule has 0 radical (unpaired) electrons. The van der Waals surface area contributed by atoms with E-state index in [-0.39, 0.29) is 29.9 Å². The molecule has 1 saturated heterocycles. The zero-order chi connectivity index (χ0) is 20.6. The third-order valence-electron chi connectivity index (χ3n) is 3.71. The van der Waals surface area contributed by atoms with Crippen LogP contribution in [-0.2, 0) is 10.9 Å². The number of halogens is 3. The van der Waals surface area contributed by atoms with Gasteiger partial charge in [-0.25, -0.2) is 9.98 Å². The zero-order valence-electron chi connectivity index (χ0n) is 15.2. The molecule has 0 amide bonds. The van der Waals surface area contributed by atoms with Crippen LogP contribution in [0, 0.1) is 11.3 Å². The van der Waals surface area contributed by atoms with Gasteiger partial charge in [0.1, 0.15) is 17.7 Å². The molecule has 0 bridgehead atoms. The lowest BCUT2D eigenvalue weighted by Gasteiger charge is -2.25. The van der Waals surface area contributed by atoms with Crippen LogP contribution in [0.3, 0.4) is 0 Å². The van der Waals surface area contributed by atoms with E-state index in [0.29, 0.717) is 19.0 Å². The second-order valence-corrected chi connectivity index (χ2v) is 5.81. The van der Waals surface area contributed by atoms with Gasteiger partial charge in [0.2, 0.25) is 0 Å². The van der Waals surface area contributed by atoms with Gasteiger partial charge in [0.25, 0.3) is 0 Å². The van der Waals surface area contributed by atoms with Gasteiger partial charge in [0.15, 0.2) is 5.70 Å². The van der Waals surface area contributed by atoms with Crippen molar-refractivity contribution in [1.29, 1.82) is 5.26 Å². The largest absolute Gasteiger partial charge is 0.419 e. The number of aliphatic imine (C=N–C) groups is 2. The molecule has 3 N–H and O–H groups in total. The molecule has 28 heavy (non-hydrogen) atoms. The standard InChI is InChI=1S/C17H20F3N7O/c1-11(24-7-12(6-21)22-2)27-16-5-15(14(10-26-16)17(18,19)20)25-9-13-8-23-3-4-28-13/h5,7,10,13,23H,2-4,8-9H2,1H3,(H2,24,25,26,27)/b12-7-/t13-/m1/s1. The number of nitrogens with zero attached hydrogens (tertiary/aromatic N) is 4. The molecule has 0 aromatic carbocycles. The van der Waals surface area contributed by atoms with Crippen LogP contribution >= 0.6 is 0 Å². The lowest BCUT2D eigenvalue weighted by atomic mass is 10.2. The summed E-state index contributed by atoms with van der Waals surface area (Å²) in [5.41, 5.74) is -0.989. The zero-order valence-corrected chi connectivity index (χ0v) is 15.2. The summed E-state index contributed by atoms with van der Waals surface area (Å²) in [4.78, 5) is 11.2. The number of hydrogen-bond acceptors (Lipinski definition) is 7. The first-order valence-corrected chi connectivity index (χ1v) is 8.35. The molecule has 1 aliphatic rings. The third-order valence-corrected chi connectivity index (χ3v) is 3.71. The van der Waals surface area contributed by atoms with E-state index in [0.717, 1.165) is 12.7 Å². The molecule has 1 fully saturated rings. The predicted molar refractivity (Wildman–Crippen MR) is 100 cm³/mol. The number of morpholine rings is 1. The Morgan fingerprint density at radius 2 is 2.36 bits per heavy atom. The highest BCUT2D eigenvalue weighted by Crippen LogP contribution is 2.35. The Bertz CT molecular complexity index is 793. The van der Waals surface area contributed by atoms with Gasteiger partial charge >= 0.3 is 6.18 Å². The van der Waals surface area contributed by atoms with Crippen molar-refractivity contribution in [3.05, 3.63) is 29.7 Å². The molecule has 150 valence electrons. The molecule has 0 saturated carbocycles. The fourth-order valence-corrected chi connectivity index (χ4v) is 2.35. The molecule has 2 heterocycles. The molecule has 2 rings (SSSR count). The first kappa shape index (κ1) is 21.3. The smallest absolute Gasteiger partial charge is 0.382 e. The normalized spacial score (nSPS) is 18.3. The lowest BCUT2D eigenvalue weighted by molar-refractivity contribution is -0.137. The van der Waals surface area contributed by atoms with Crippen LogP contribution in [-0.4, -0.2) is 49.9 Å². The van der Waals surface area contributed by atoms with Crippen molar-refractivity contribution in [2.75, 3.05) is 36.9 Å². The molecule has 1 aliphatic heterocycles. The monoisotopic (exact) mass is 395 g/mol. The minimum absolute atomic E-state index is 0.00461. The van der Waals surface area contributed by atoms with Crippen molar-refractivity contribution in [3.63, 3.8) is 0 Å². The topological polar surface area (TPSA) is 107 Å². The van der Waals surface area contributed by atoms with Crippen molar-refractivity contribution < 1.29 is 17.9 Å². The number of pyridine rings is 1. The van der Waals surface area contributed by atoms with Crippen LogP contribution in [0.4, 0.5) is 24.7 Å². The molecule has 1 aromatic heterocycles. The summed E-state index contributed by atoms with van der Waals surface area (Å²) < 4.78 is 45.3. The molecule has 0 aliphatic carbocycles. The molecule has 1 aromatic rings. The number of hydrogen-bond donors (Lipinski definition) is 3. The minimum atomic E-state index is -4.55. The molecule has 0 spiro atoms. The quantitative estimate of drug-likeness (QED) is 0.388. The maximum absolute atomic E-state index is 13.3. The summed E-state index contributed by atoms with van der Waals surface area (Å²) in [5.74, 6) is 0.479. The average molecular weight is 395 g/mol. The SMILES string of the molecule is C=N/C(C#N)=C\N=C(/C)Nc1cc(NC[C@H]2CNCCO2)c(C(F)(F)F)cn1. The highest BCUT2D eigenvalue weighted by atomic mass is 19.4. The maximum Gasteiger partial charge on any atom is 0.419 e. The van der Waals surface area contributed by atoms with Crippen molar-refractivity contribution in [2.45, 2.75) is 19.2 Å². The van der Waals surface area contributed by atoms with Crippen LogP contribution in [0.5, 0.6) is 0 Å². The van der Waals surface area contributed by atoms with Gasteiger partial charge in [0, 0.05) is 31.9 Å². The Kier molecular flexibility index (Phi) is 7.48. The van der Waals surface area contributed by atoms with Crippen LogP contribution < -0.4 is 16.0 Å². The van der Waals surface area contributed by atoms with Gasteiger partial charge in [-0.2, -0.15) is 18.4 Å². The van der Waals surface area contributed by atoms with E-state index in [1.807, 2.05) is 0 Å². The van der Waals surface area contributed by atoms with E-state index in [1.54, 1.807) is 13.0 Å². The van der Waals surface area contributed by atoms with Crippen LogP contribution in [0.1, 0.15) is 12.5 Å². The number of anilines is 2. The molecule has 0 unspecified atom stereocenters. The van der Waals surface area contributed by atoms with Gasteiger partial charge in [-0.1, -0.05) is 0 Å². The number of ether oxygens (including phenoxy) is 1. The van der Waals surface area contributed by atoms with Crippen molar-refractivity contribution >= 4 is 24.1 Å². The lowest BCUT2D eigenvalue weighted by Crippen LogP contribution is -2.42. The third kappa shape index (κ3) is 6.33. The number of alkyl halides is 3. The summed E-state index contributed by atoms with van der Waals surface area (Å²) in [5, 5.41) is 17.4. The molecule has 8 nitrogen and oxygen atoms in total. The van der Waals surface area contributed by atoms with Crippen molar-refractivity contribution in [2.24, 2.45) is 9.98 Å². The van der Waals surface area contributed by atoms with E-state index < -0.39 is 11.7 Å². The van der Waals surface area contributed by atoms with Gasteiger partial charge in [0.05, 0.1) is 30.2 Å². The Labute approximate surface area is 160 Å². The molecule has 1 atom stereocenters. The Morgan fingerprint density at radius 1 is 1.57 bits per heavy atom. The van der Waals surface area contributed by atoms with Gasteiger partial charge in [-0.05, 0) is 13.6 Å². The van der Waals surface area contributed by atoms with E-state index >= 15 is 0 Å². The second kappa shape index (κ2) is 9.82. The van der Waals surface area contributed by atoms with Gasteiger partial charge in [-0.3, -0.25) is 4.99 Å². The van der Waals surface area contributed by atoms with Crippen LogP contribution in [0.25, 0.3) is 0 Å². The Balaban J connectivity index is 2.17. The number of aromatic nitrogens is 1. The van der Waals surface area contributed by atoms with Crippen LogP contribution in [0.15, 0.2) is 34.1 Å². The molecular weight excluding hydrogens is 375 g/mol. The van der Waals surface area contributed by atoms with Gasteiger partial charge in [-0.15, -0.1) is 0 Å². The average Bonchev–Trinajstić information content (AvgIpc) is 2.67. The fraction of sp³-hybridized carbons (Fsp3) is 0.412. The van der Waals surface area contributed by atoms with E-state index in [4.69, 9.17) is 10.00 Å². The number of rotatable bonds is 6. The maximum atomic E-state index is 13.3.